The van der Waals surface area contributed by atoms with Crippen LogP contribution in [0.1, 0.15) is 39.8 Å². The second-order valence-electron chi connectivity index (χ2n) is 7.72. The summed E-state index contributed by atoms with van der Waals surface area (Å²) in [5.74, 6) is 0. The van der Waals surface area contributed by atoms with Crippen molar-refractivity contribution in [3.8, 4) is 0 Å². The molecule has 2 aromatic carbocycles. The lowest BCUT2D eigenvalue weighted by Gasteiger charge is -2.19. The molecule has 2 heterocycles. The molecule has 2 amide bonds. The lowest BCUT2D eigenvalue weighted by atomic mass is 10.0. The third-order valence-electron chi connectivity index (χ3n) is 5.52. The molecule has 4 aromatic rings. The summed E-state index contributed by atoms with van der Waals surface area (Å²) in [6.45, 7) is 5.13. The first-order chi connectivity index (χ1) is 15.6. The van der Waals surface area contributed by atoms with Crippen molar-refractivity contribution in [2.75, 3.05) is 0 Å². The van der Waals surface area contributed by atoms with Crippen LogP contribution in [0.5, 0.6) is 0 Å². The molecule has 0 saturated heterocycles. The number of urea groups is 1. The van der Waals surface area contributed by atoms with Gasteiger partial charge in [0.15, 0.2) is 0 Å². The Balaban J connectivity index is 1.45. The van der Waals surface area contributed by atoms with Gasteiger partial charge in [-0.3, -0.25) is 9.67 Å². The maximum atomic E-state index is 12.8. The highest BCUT2D eigenvalue weighted by Crippen LogP contribution is 2.20. The average molecular weight is 426 g/mol. The van der Waals surface area contributed by atoms with Gasteiger partial charge in [0.25, 0.3) is 0 Å². The summed E-state index contributed by atoms with van der Waals surface area (Å²) in [4.78, 5) is 17.3. The summed E-state index contributed by atoms with van der Waals surface area (Å²) in [7, 11) is 0. The van der Waals surface area contributed by atoms with Gasteiger partial charge in [-0.25, -0.2) is 4.79 Å². The summed E-state index contributed by atoms with van der Waals surface area (Å²) >= 11 is 0. The van der Waals surface area contributed by atoms with Gasteiger partial charge in [0, 0.05) is 24.0 Å². The fourth-order valence-electron chi connectivity index (χ4n) is 3.77. The SMILES string of the molecule is Cc1nn(Cc2ccccc2)c(C)c1CNC(=O)NC(c1ccccc1)c1ccccn1. The second kappa shape index (κ2) is 9.92. The quantitative estimate of drug-likeness (QED) is 0.457. The highest BCUT2D eigenvalue weighted by Gasteiger charge is 2.19. The molecule has 6 heteroatoms. The minimum Gasteiger partial charge on any atom is -0.334 e. The monoisotopic (exact) mass is 425 g/mol. The topological polar surface area (TPSA) is 71.8 Å². The smallest absolute Gasteiger partial charge is 0.315 e. The van der Waals surface area contributed by atoms with E-state index in [4.69, 9.17) is 0 Å². The van der Waals surface area contributed by atoms with Gasteiger partial charge in [0.1, 0.15) is 0 Å². The predicted octanol–water partition coefficient (Wildman–Crippen LogP) is 4.53. The molecule has 4 rings (SSSR count). The largest absolute Gasteiger partial charge is 0.334 e. The molecular weight excluding hydrogens is 398 g/mol. The number of pyridine rings is 1. The molecule has 0 spiro atoms. The van der Waals surface area contributed by atoms with Crippen molar-refractivity contribution in [3.05, 3.63) is 119 Å². The number of benzene rings is 2. The maximum Gasteiger partial charge on any atom is 0.315 e. The summed E-state index contributed by atoms with van der Waals surface area (Å²) in [6, 6.07) is 25.2. The highest BCUT2D eigenvalue weighted by molar-refractivity contribution is 5.75. The Morgan fingerprint density at radius 3 is 2.31 bits per heavy atom. The van der Waals surface area contributed by atoms with E-state index in [0.717, 1.165) is 28.2 Å². The zero-order chi connectivity index (χ0) is 22.3. The number of nitrogens with zero attached hydrogens (tertiary/aromatic N) is 3. The van der Waals surface area contributed by atoms with E-state index < -0.39 is 0 Å². The summed E-state index contributed by atoms with van der Waals surface area (Å²) in [5.41, 5.74) is 5.96. The summed E-state index contributed by atoms with van der Waals surface area (Å²) in [5, 5.41) is 10.7. The van der Waals surface area contributed by atoms with Gasteiger partial charge in [-0.15, -0.1) is 0 Å². The van der Waals surface area contributed by atoms with Crippen LogP contribution in [0, 0.1) is 13.8 Å². The maximum absolute atomic E-state index is 12.8. The van der Waals surface area contributed by atoms with E-state index in [-0.39, 0.29) is 12.1 Å². The first kappa shape index (κ1) is 21.3. The normalized spacial score (nSPS) is 11.7. The van der Waals surface area contributed by atoms with Crippen LogP contribution in [0.3, 0.4) is 0 Å². The molecule has 0 aliphatic rings. The van der Waals surface area contributed by atoms with Crippen molar-refractivity contribution >= 4 is 6.03 Å². The molecule has 0 fully saturated rings. The number of hydrogen-bond donors (Lipinski definition) is 2. The Labute approximate surface area is 188 Å². The van der Waals surface area contributed by atoms with E-state index in [1.807, 2.05) is 85.3 Å². The van der Waals surface area contributed by atoms with Crippen LogP contribution < -0.4 is 10.6 Å². The van der Waals surface area contributed by atoms with Crippen LogP contribution in [0.15, 0.2) is 85.1 Å². The first-order valence-electron chi connectivity index (χ1n) is 10.7. The van der Waals surface area contributed by atoms with Gasteiger partial charge in [-0.2, -0.15) is 5.10 Å². The number of aromatic nitrogens is 3. The van der Waals surface area contributed by atoms with Crippen molar-refractivity contribution < 1.29 is 4.79 Å². The minimum absolute atomic E-state index is 0.251. The Morgan fingerprint density at radius 1 is 0.938 bits per heavy atom. The molecule has 162 valence electrons. The van der Waals surface area contributed by atoms with E-state index in [0.29, 0.717) is 13.1 Å². The van der Waals surface area contributed by atoms with Gasteiger partial charge >= 0.3 is 6.03 Å². The Hall–Kier alpha value is -3.93. The molecule has 6 nitrogen and oxygen atoms in total. The summed E-state index contributed by atoms with van der Waals surface area (Å²) in [6.07, 6.45) is 1.73. The number of carbonyl (C=O) groups is 1. The first-order valence-corrected chi connectivity index (χ1v) is 10.7. The van der Waals surface area contributed by atoms with Crippen LogP contribution >= 0.6 is 0 Å². The molecule has 0 aliphatic carbocycles. The van der Waals surface area contributed by atoms with Crippen molar-refractivity contribution in [1.82, 2.24) is 25.4 Å². The minimum atomic E-state index is -0.333. The molecule has 2 N–H and O–H groups in total. The van der Waals surface area contributed by atoms with Gasteiger partial charge in [0.05, 0.1) is 24.0 Å². The molecule has 1 unspecified atom stereocenters. The van der Waals surface area contributed by atoms with Crippen LogP contribution in [-0.2, 0) is 13.1 Å². The number of nitrogens with one attached hydrogen (secondary N) is 2. The van der Waals surface area contributed by atoms with Crippen LogP contribution in [0.25, 0.3) is 0 Å². The predicted molar refractivity (Wildman–Crippen MR) is 125 cm³/mol. The third-order valence-corrected chi connectivity index (χ3v) is 5.52. The van der Waals surface area contributed by atoms with E-state index >= 15 is 0 Å². The number of hydrogen-bond acceptors (Lipinski definition) is 3. The highest BCUT2D eigenvalue weighted by atomic mass is 16.2. The number of amides is 2. The molecule has 0 saturated carbocycles. The van der Waals surface area contributed by atoms with Crippen molar-refractivity contribution in [2.45, 2.75) is 33.0 Å². The second-order valence-corrected chi connectivity index (χ2v) is 7.72. The standard InChI is InChI=1S/C26H27N5O/c1-19-23(20(2)31(30-19)18-21-11-5-3-6-12-21)17-28-26(32)29-25(22-13-7-4-8-14-22)24-15-9-10-16-27-24/h3-16,25H,17-18H2,1-2H3,(H2,28,29,32). The van der Waals surface area contributed by atoms with E-state index in [9.17, 15) is 4.79 Å². The molecule has 32 heavy (non-hydrogen) atoms. The van der Waals surface area contributed by atoms with E-state index in [1.165, 1.54) is 5.56 Å². The van der Waals surface area contributed by atoms with Crippen LogP contribution in [0.2, 0.25) is 0 Å². The third kappa shape index (κ3) is 5.03. The molecule has 1 atom stereocenters. The van der Waals surface area contributed by atoms with Crippen LogP contribution in [-0.4, -0.2) is 20.8 Å². The Morgan fingerprint density at radius 2 is 1.62 bits per heavy atom. The van der Waals surface area contributed by atoms with Crippen molar-refractivity contribution in [1.29, 1.82) is 0 Å². The molecule has 0 radical (unpaired) electrons. The van der Waals surface area contributed by atoms with Gasteiger partial charge in [-0.05, 0) is 37.1 Å². The fraction of sp³-hybridized carbons (Fsp3) is 0.192. The zero-order valence-electron chi connectivity index (χ0n) is 18.3. The Kier molecular flexibility index (Phi) is 6.60. The zero-order valence-corrected chi connectivity index (χ0v) is 18.3. The van der Waals surface area contributed by atoms with Crippen LogP contribution in [0.4, 0.5) is 4.79 Å². The van der Waals surface area contributed by atoms with Crippen molar-refractivity contribution in [3.63, 3.8) is 0 Å². The number of carbonyl (C=O) groups excluding carboxylic acids is 1. The van der Waals surface area contributed by atoms with Crippen molar-refractivity contribution in [2.24, 2.45) is 0 Å². The molecule has 0 bridgehead atoms. The fourth-order valence-corrected chi connectivity index (χ4v) is 3.77. The number of aryl methyl sites for hydroxylation is 1. The number of rotatable bonds is 7. The Bertz CT molecular complexity index is 1120. The van der Waals surface area contributed by atoms with E-state index in [1.54, 1.807) is 6.20 Å². The summed E-state index contributed by atoms with van der Waals surface area (Å²) < 4.78 is 1.99. The molecule has 0 aliphatic heterocycles. The molecule has 2 aromatic heterocycles. The van der Waals surface area contributed by atoms with Gasteiger partial charge in [-0.1, -0.05) is 66.7 Å². The molecular formula is C26H27N5O. The van der Waals surface area contributed by atoms with E-state index in [2.05, 4.69) is 32.8 Å². The lowest BCUT2D eigenvalue weighted by molar-refractivity contribution is 0.238. The van der Waals surface area contributed by atoms with Gasteiger partial charge < -0.3 is 10.6 Å². The average Bonchev–Trinajstić information content (AvgIpc) is 3.10. The van der Waals surface area contributed by atoms with Gasteiger partial charge in [0.2, 0.25) is 0 Å². The lowest BCUT2D eigenvalue weighted by Crippen LogP contribution is -2.38.